The number of piperidine rings is 1. The molecule has 2 aliphatic heterocycles. The van der Waals surface area contributed by atoms with Crippen molar-refractivity contribution in [1.29, 1.82) is 0 Å². The summed E-state index contributed by atoms with van der Waals surface area (Å²) < 4.78 is 0. The van der Waals surface area contributed by atoms with Crippen LogP contribution in [0, 0.1) is 5.92 Å². The summed E-state index contributed by atoms with van der Waals surface area (Å²) in [5, 5.41) is 7.16. The predicted molar refractivity (Wildman–Crippen MR) is 85.7 cm³/mol. The Labute approximate surface area is 130 Å². The van der Waals surface area contributed by atoms with Gasteiger partial charge in [-0.15, -0.1) is 0 Å². The SMILES string of the molecule is CCNCc1cccc(Cl)c1N1CCCC2C(=O)NCC21. The minimum Gasteiger partial charge on any atom is -0.365 e. The highest BCUT2D eigenvalue weighted by atomic mass is 35.5. The third-order valence-electron chi connectivity index (χ3n) is 4.52. The molecular formula is C16H22ClN3O. The van der Waals surface area contributed by atoms with Gasteiger partial charge in [0.05, 0.1) is 22.7 Å². The minimum absolute atomic E-state index is 0.113. The molecule has 2 heterocycles. The zero-order chi connectivity index (χ0) is 14.8. The lowest BCUT2D eigenvalue weighted by molar-refractivity contribution is -0.122. The van der Waals surface area contributed by atoms with Crippen molar-refractivity contribution in [1.82, 2.24) is 10.6 Å². The summed E-state index contributed by atoms with van der Waals surface area (Å²) in [6.45, 7) is 5.54. The molecule has 2 aliphatic rings. The number of nitrogens with one attached hydrogen (secondary N) is 2. The largest absolute Gasteiger partial charge is 0.365 e. The number of hydrogen-bond acceptors (Lipinski definition) is 3. The number of fused-ring (bicyclic) bond motifs is 1. The summed E-state index contributed by atoms with van der Waals surface area (Å²) in [4.78, 5) is 14.3. The smallest absolute Gasteiger partial charge is 0.225 e. The van der Waals surface area contributed by atoms with Crippen LogP contribution in [-0.2, 0) is 11.3 Å². The monoisotopic (exact) mass is 307 g/mol. The molecule has 4 nitrogen and oxygen atoms in total. The van der Waals surface area contributed by atoms with Gasteiger partial charge < -0.3 is 15.5 Å². The highest BCUT2D eigenvalue weighted by Crippen LogP contribution is 2.37. The molecule has 5 heteroatoms. The van der Waals surface area contributed by atoms with E-state index in [0.717, 1.165) is 49.7 Å². The van der Waals surface area contributed by atoms with Gasteiger partial charge in [-0.25, -0.2) is 0 Å². The fourth-order valence-corrected chi connectivity index (χ4v) is 3.82. The van der Waals surface area contributed by atoms with E-state index in [1.807, 2.05) is 12.1 Å². The Hall–Kier alpha value is -1.26. The van der Waals surface area contributed by atoms with E-state index in [1.54, 1.807) is 0 Å². The van der Waals surface area contributed by atoms with E-state index in [9.17, 15) is 4.79 Å². The maximum Gasteiger partial charge on any atom is 0.225 e. The van der Waals surface area contributed by atoms with E-state index >= 15 is 0 Å². The minimum atomic E-state index is 0.113. The lowest BCUT2D eigenvalue weighted by Gasteiger charge is -2.39. The number of halogens is 1. The van der Waals surface area contributed by atoms with Crippen LogP contribution in [0.4, 0.5) is 5.69 Å². The quantitative estimate of drug-likeness (QED) is 0.896. The van der Waals surface area contributed by atoms with Crippen molar-refractivity contribution in [3.05, 3.63) is 28.8 Å². The first-order valence-electron chi connectivity index (χ1n) is 7.74. The summed E-state index contributed by atoms with van der Waals surface area (Å²) in [7, 11) is 0. The number of carbonyl (C=O) groups is 1. The molecule has 114 valence electrons. The lowest BCUT2D eigenvalue weighted by atomic mass is 9.90. The second kappa shape index (κ2) is 6.24. The average molecular weight is 308 g/mol. The maximum absolute atomic E-state index is 11.9. The Kier molecular flexibility index (Phi) is 4.36. The molecule has 2 fully saturated rings. The fourth-order valence-electron chi connectivity index (χ4n) is 3.51. The summed E-state index contributed by atoms with van der Waals surface area (Å²) in [6.07, 6.45) is 2.03. The van der Waals surface area contributed by atoms with Crippen LogP contribution in [0.25, 0.3) is 0 Å². The molecule has 0 radical (unpaired) electrons. The van der Waals surface area contributed by atoms with Crippen LogP contribution in [-0.4, -0.2) is 31.6 Å². The third kappa shape index (κ3) is 2.74. The van der Waals surface area contributed by atoms with Crippen molar-refractivity contribution in [2.45, 2.75) is 32.4 Å². The molecule has 0 saturated carbocycles. The summed E-state index contributed by atoms with van der Waals surface area (Å²) in [5.74, 6) is 0.312. The van der Waals surface area contributed by atoms with Gasteiger partial charge in [-0.05, 0) is 31.0 Å². The van der Waals surface area contributed by atoms with Crippen molar-refractivity contribution in [3.8, 4) is 0 Å². The van der Waals surface area contributed by atoms with Crippen LogP contribution in [0.2, 0.25) is 5.02 Å². The predicted octanol–water partition coefficient (Wildman–Crippen LogP) is 2.16. The van der Waals surface area contributed by atoms with Gasteiger partial charge in [-0.3, -0.25) is 4.79 Å². The van der Waals surface area contributed by atoms with Crippen molar-refractivity contribution in [2.24, 2.45) is 5.92 Å². The van der Waals surface area contributed by atoms with Gasteiger partial charge in [0.2, 0.25) is 5.91 Å². The second-order valence-corrected chi connectivity index (χ2v) is 6.19. The molecule has 21 heavy (non-hydrogen) atoms. The standard InChI is InChI=1S/C16H22ClN3O/c1-2-18-9-11-5-3-7-13(17)15(11)20-8-4-6-12-14(20)10-19-16(12)21/h3,5,7,12,14,18H,2,4,6,8-10H2,1H3,(H,19,21). The highest BCUT2D eigenvalue weighted by molar-refractivity contribution is 6.33. The van der Waals surface area contributed by atoms with Gasteiger partial charge in [0.15, 0.2) is 0 Å². The first-order chi connectivity index (χ1) is 10.2. The molecule has 0 aliphatic carbocycles. The molecule has 2 atom stereocenters. The van der Waals surface area contributed by atoms with Crippen LogP contribution in [0.5, 0.6) is 0 Å². The maximum atomic E-state index is 11.9. The van der Waals surface area contributed by atoms with Crippen molar-refractivity contribution in [3.63, 3.8) is 0 Å². The number of para-hydroxylation sites is 1. The van der Waals surface area contributed by atoms with Gasteiger partial charge >= 0.3 is 0 Å². The van der Waals surface area contributed by atoms with Gasteiger partial charge in [0.1, 0.15) is 0 Å². The number of benzene rings is 1. The molecule has 1 amide bonds. The van der Waals surface area contributed by atoms with Gasteiger partial charge in [0, 0.05) is 19.6 Å². The van der Waals surface area contributed by atoms with Crippen molar-refractivity contribution < 1.29 is 4.79 Å². The highest BCUT2D eigenvalue weighted by Gasteiger charge is 2.41. The van der Waals surface area contributed by atoms with Crippen LogP contribution in [0.3, 0.4) is 0 Å². The molecule has 1 aromatic rings. The molecule has 0 aromatic heterocycles. The molecule has 0 spiro atoms. The molecular weight excluding hydrogens is 286 g/mol. The first kappa shape index (κ1) is 14.7. The van der Waals surface area contributed by atoms with Crippen LogP contribution in [0.15, 0.2) is 18.2 Å². The van der Waals surface area contributed by atoms with E-state index in [4.69, 9.17) is 11.6 Å². The Morgan fingerprint density at radius 3 is 3.14 bits per heavy atom. The first-order valence-corrected chi connectivity index (χ1v) is 8.12. The Morgan fingerprint density at radius 1 is 1.48 bits per heavy atom. The molecule has 2 saturated heterocycles. The Morgan fingerprint density at radius 2 is 2.33 bits per heavy atom. The summed E-state index contributed by atoms with van der Waals surface area (Å²) in [6, 6.07) is 6.31. The normalized spacial score (nSPS) is 24.9. The molecule has 2 unspecified atom stereocenters. The van der Waals surface area contributed by atoms with E-state index < -0.39 is 0 Å². The van der Waals surface area contributed by atoms with Crippen molar-refractivity contribution in [2.75, 3.05) is 24.5 Å². The molecule has 3 rings (SSSR count). The summed E-state index contributed by atoms with van der Waals surface area (Å²) in [5.41, 5.74) is 2.32. The Balaban J connectivity index is 1.93. The van der Waals surface area contributed by atoms with Gasteiger partial charge in [-0.2, -0.15) is 0 Å². The lowest BCUT2D eigenvalue weighted by Crippen LogP contribution is -2.46. The van der Waals surface area contributed by atoms with E-state index in [2.05, 4.69) is 28.5 Å². The number of rotatable bonds is 4. The van der Waals surface area contributed by atoms with E-state index in [-0.39, 0.29) is 17.9 Å². The van der Waals surface area contributed by atoms with Crippen LogP contribution >= 0.6 is 11.6 Å². The van der Waals surface area contributed by atoms with E-state index in [1.165, 1.54) is 5.56 Å². The number of hydrogen-bond donors (Lipinski definition) is 2. The zero-order valence-electron chi connectivity index (χ0n) is 12.4. The zero-order valence-corrected chi connectivity index (χ0v) is 13.1. The van der Waals surface area contributed by atoms with Gasteiger partial charge in [0.25, 0.3) is 0 Å². The third-order valence-corrected chi connectivity index (χ3v) is 4.83. The van der Waals surface area contributed by atoms with Crippen LogP contribution < -0.4 is 15.5 Å². The number of anilines is 1. The Bertz CT molecular complexity index is 534. The van der Waals surface area contributed by atoms with E-state index in [0.29, 0.717) is 0 Å². The fraction of sp³-hybridized carbons (Fsp3) is 0.562. The van der Waals surface area contributed by atoms with Crippen LogP contribution in [0.1, 0.15) is 25.3 Å². The van der Waals surface area contributed by atoms with Crippen molar-refractivity contribution >= 4 is 23.2 Å². The van der Waals surface area contributed by atoms with Gasteiger partial charge in [-0.1, -0.05) is 30.7 Å². The molecule has 0 bridgehead atoms. The molecule has 2 N–H and O–H groups in total. The number of carbonyl (C=O) groups excluding carboxylic acids is 1. The topological polar surface area (TPSA) is 44.4 Å². The average Bonchev–Trinajstić information content (AvgIpc) is 2.87. The molecule has 1 aromatic carbocycles. The summed E-state index contributed by atoms with van der Waals surface area (Å²) >= 11 is 6.49. The number of amides is 1. The second-order valence-electron chi connectivity index (χ2n) is 5.78. The number of nitrogens with zero attached hydrogens (tertiary/aromatic N) is 1.